The first-order chi connectivity index (χ1) is 21.5. The first-order valence-electron chi connectivity index (χ1n) is 16.7. The molecule has 0 aromatic carbocycles. The van der Waals surface area contributed by atoms with E-state index in [1.165, 1.54) is 0 Å². The number of Topliss-reactive ketones (excluding diaryl/α,β-unsaturated/α-hetero) is 1. The van der Waals surface area contributed by atoms with Gasteiger partial charge in [-0.25, -0.2) is 4.79 Å². The van der Waals surface area contributed by atoms with Gasteiger partial charge in [-0.2, -0.15) is 0 Å². The smallest absolute Gasteiger partial charge is 0.336 e. The number of cyclic esters (lactones) is 1. The molecule has 0 amide bonds. The van der Waals surface area contributed by atoms with E-state index in [9.17, 15) is 45.3 Å². The van der Waals surface area contributed by atoms with E-state index >= 15 is 0 Å². The second-order valence-corrected chi connectivity index (χ2v) is 15.4. The summed E-state index contributed by atoms with van der Waals surface area (Å²) in [6.07, 6.45) is -3.03. The predicted molar refractivity (Wildman–Crippen MR) is 161 cm³/mol. The number of esters is 1. The molecule has 6 rings (SSSR count). The van der Waals surface area contributed by atoms with Crippen LogP contribution in [0.1, 0.15) is 79.1 Å². The van der Waals surface area contributed by atoms with Crippen molar-refractivity contribution in [1.29, 1.82) is 0 Å². The van der Waals surface area contributed by atoms with Gasteiger partial charge in [0.15, 0.2) is 6.29 Å². The predicted octanol–water partition coefficient (Wildman–Crippen LogP) is 0.420. The number of rotatable bonds is 6. The Morgan fingerprint density at radius 1 is 1.00 bits per heavy atom. The fraction of sp³-hybridized carbons (Fsp3) is 0.824. The third kappa shape index (κ3) is 4.81. The lowest BCUT2D eigenvalue weighted by Crippen LogP contribution is -2.65. The highest BCUT2D eigenvalue weighted by Crippen LogP contribution is 2.69. The topological polar surface area (TPSA) is 203 Å². The summed E-state index contributed by atoms with van der Waals surface area (Å²) in [6, 6.07) is 0. The molecule has 3 saturated carbocycles. The van der Waals surface area contributed by atoms with Crippen LogP contribution in [0.5, 0.6) is 0 Å². The second-order valence-electron chi connectivity index (χ2n) is 15.4. The largest absolute Gasteiger partial charge is 0.456 e. The number of hydrogen-bond donors (Lipinski definition) is 7. The van der Waals surface area contributed by atoms with E-state index in [0.29, 0.717) is 50.5 Å². The van der Waals surface area contributed by atoms with Crippen molar-refractivity contribution in [2.75, 3.05) is 13.2 Å². The van der Waals surface area contributed by atoms with Crippen molar-refractivity contribution in [2.24, 2.45) is 28.6 Å². The Morgan fingerprint density at radius 2 is 1.72 bits per heavy atom. The molecule has 46 heavy (non-hydrogen) atoms. The number of allylic oxidation sites excluding steroid dienone is 1. The van der Waals surface area contributed by atoms with E-state index < -0.39 is 84.1 Å². The summed E-state index contributed by atoms with van der Waals surface area (Å²) in [6.45, 7) is 6.43. The maximum absolute atomic E-state index is 14.0. The van der Waals surface area contributed by atoms with Crippen molar-refractivity contribution >= 4 is 11.8 Å². The van der Waals surface area contributed by atoms with E-state index in [2.05, 4.69) is 0 Å². The second kappa shape index (κ2) is 11.7. The molecule has 12 nitrogen and oxygen atoms in total. The van der Waals surface area contributed by atoms with Crippen molar-refractivity contribution in [3.63, 3.8) is 0 Å². The zero-order chi connectivity index (χ0) is 33.6. The van der Waals surface area contributed by atoms with Crippen LogP contribution in [0, 0.1) is 28.6 Å². The van der Waals surface area contributed by atoms with Gasteiger partial charge in [-0.15, -0.1) is 0 Å². The Morgan fingerprint density at radius 3 is 2.37 bits per heavy atom. The number of ether oxygens (including phenoxy) is 3. The lowest BCUT2D eigenvalue weighted by molar-refractivity contribution is -0.312. The van der Waals surface area contributed by atoms with Gasteiger partial charge in [0.1, 0.15) is 41.9 Å². The van der Waals surface area contributed by atoms with Gasteiger partial charge in [0.2, 0.25) is 0 Å². The van der Waals surface area contributed by atoms with Gasteiger partial charge >= 0.3 is 5.97 Å². The van der Waals surface area contributed by atoms with Crippen molar-refractivity contribution in [2.45, 2.75) is 133 Å². The number of ketones is 1. The molecular weight excluding hydrogens is 600 g/mol. The summed E-state index contributed by atoms with van der Waals surface area (Å²) in [5, 5.41) is 74.6. The van der Waals surface area contributed by atoms with Crippen molar-refractivity contribution in [3.8, 4) is 0 Å². The van der Waals surface area contributed by atoms with Crippen LogP contribution in [-0.4, -0.2) is 115 Å². The molecule has 0 radical (unpaired) electrons. The Bertz CT molecular complexity index is 1310. The van der Waals surface area contributed by atoms with Crippen molar-refractivity contribution in [3.05, 3.63) is 22.8 Å². The summed E-state index contributed by atoms with van der Waals surface area (Å²) in [4.78, 5) is 26.7. The normalized spacial score (nSPS) is 49.0. The highest BCUT2D eigenvalue weighted by atomic mass is 16.7. The van der Waals surface area contributed by atoms with Gasteiger partial charge in [-0.1, -0.05) is 24.1 Å². The minimum atomic E-state index is -1.58. The lowest BCUT2D eigenvalue weighted by atomic mass is 9.44. The molecule has 7 N–H and O–H groups in total. The van der Waals surface area contributed by atoms with Gasteiger partial charge in [-0.3, -0.25) is 4.79 Å². The Balaban J connectivity index is 1.22. The number of aliphatic hydroxyl groups excluding tert-OH is 5. The maximum atomic E-state index is 14.0. The molecule has 0 bridgehead atoms. The van der Waals surface area contributed by atoms with Gasteiger partial charge in [0.05, 0.1) is 35.9 Å². The molecule has 2 unspecified atom stereocenters. The number of fused-ring (bicyclic) bond motifs is 5. The van der Waals surface area contributed by atoms with Crippen LogP contribution in [0.2, 0.25) is 0 Å². The quantitative estimate of drug-likeness (QED) is 0.154. The first kappa shape index (κ1) is 34.1. The molecule has 4 aliphatic carbocycles. The highest BCUT2D eigenvalue weighted by molar-refractivity contribution is 5.91. The summed E-state index contributed by atoms with van der Waals surface area (Å²) in [5.41, 5.74) is -2.32. The van der Waals surface area contributed by atoms with Crippen LogP contribution in [0.25, 0.3) is 0 Å². The summed E-state index contributed by atoms with van der Waals surface area (Å²) >= 11 is 0. The molecule has 6 aliphatic rings. The van der Waals surface area contributed by atoms with Crippen LogP contribution in [0.3, 0.4) is 0 Å². The zero-order valence-electron chi connectivity index (χ0n) is 27.1. The molecule has 1 saturated heterocycles. The lowest BCUT2D eigenvalue weighted by Gasteiger charge is -2.61. The Kier molecular flexibility index (Phi) is 8.68. The Labute approximate surface area is 269 Å². The van der Waals surface area contributed by atoms with Gasteiger partial charge in [-0.05, 0) is 77.0 Å². The first-order valence-corrected chi connectivity index (χ1v) is 16.7. The standard InChI is InChI=1S/C34H50O12/c1-16-11-25(46-29(41)19(16)14-35)33(4,42)23-8-10-34(43)21-6-5-17-12-18(44-30-28(40)27(39)26(38)22(15-36)45-30)13-24(37)32(17,3)20(21)7-9-31(23,34)2/h5,18,20-23,25-28,30,35-36,38-40,42-43H,6-15H2,1-4H3/t18?,20-,21+,22+,23-,25?,26+,27-,28+,30+,31+,32-,33+,34+/m0/s1. The van der Waals surface area contributed by atoms with E-state index in [0.717, 1.165) is 5.57 Å². The molecule has 0 aromatic rings. The number of carbonyl (C=O) groups excluding carboxylic acids is 2. The van der Waals surface area contributed by atoms with Crippen LogP contribution < -0.4 is 0 Å². The maximum Gasteiger partial charge on any atom is 0.336 e. The van der Waals surface area contributed by atoms with Crippen LogP contribution in [-0.2, 0) is 23.8 Å². The highest BCUT2D eigenvalue weighted by Gasteiger charge is 2.70. The van der Waals surface area contributed by atoms with Gasteiger partial charge < -0.3 is 50.0 Å². The molecule has 14 atom stereocenters. The molecule has 2 heterocycles. The third-order valence-corrected chi connectivity index (χ3v) is 13.3. The molecule has 0 aromatic heterocycles. The van der Waals surface area contributed by atoms with E-state index in [4.69, 9.17) is 14.2 Å². The van der Waals surface area contributed by atoms with Crippen LogP contribution in [0.15, 0.2) is 22.8 Å². The number of hydrogen-bond acceptors (Lipinski definition) is 12. The fourth-order valence-corrected chi connectivity index (χ4v) is 10.4. The molecule has 2 aliphatic heterocycles. The average Bonchev–Trinajstić information content (AvgIpc) is 3.29. The Hall–Kier alpha value is -1.74. The summed E-state index contributed by atoms with van der Waals surface area (Å²) in [5.74, 6) is -1.41. The SMILES string of the molecule is CC1=C(CO)C(=O)OC([C@](C)(O)[C@H]2CC[C@@]3(O)[C@@H]4CC=C5CC(O[C@@H]6O[C@H](CO)[C@@H](O)[C@H](O)[C@H]6O)CC(=O)[C@]5(C)[C@H]4CC[C@]23C)C1. The molecule has 4 fully saturated rings. The zero-order valence-corrected chi connectivity index (χ0v) is 27.1. The van der Waals surface area contributed by atoms with Crippen molar-refractivity contribution in [1.82, 2.24) is 0 Å². The van der Waals surface area contributed by atoms with E-state index in [-0.39, 0.29) is 35.5 Å². The van der Waals surface area contributed by atoms with E-state index in [1.807, 2.05) is 19.9 Å². The summed E-state index contributed by atoms with van der Waals surface area (Å²) in [7, 11) is 0. The molecular formula is C34H50O12. The molecule has 258 valence electrons. The molecule has 12 heteroatoms. The van der Waals surface area contributed by atoms with Gasteiger partial charge in [0, 0.05) is 18.3 Å². The van der Waals surface area contributed by atoms with Crippen LogP contribution in [0.4, 0.5) is 0 Å². The van der Waals surface area contributed by atoms with Crippen LogP contribution >= 0.6 is 0 Å². The fourth-order valence-electron chi connectivity index (χ4n) is 10.4. The third-order valence-electron chi connectivity index (χ3n) is 13.3. The summed E-state index contributed by atoms with van der Waals surface area (Å²) < 4.78 is 17.2. The minimum Gasteiger partial charge on any atom is -0.456 e. The average molecular weight is 651 g/mol. The number of aliphatic hydroxyl groups is 7. The molecule has 0 spiro atoms. The van der Waals surface area contributed by atoms with Gasteiger partial charge in [0.25, 0.3) is 0 Å². The monoisotopic (exact) mass is 650 g/mol. The van der Waals surface area contributed by atoms with Crippen molar-refractivity contribution < 1.29 is 59.5 Å². The number of carbonyl (C=O) groups is 2. The van der Waals surface area contributed by atoms with E-state index in [1.54, 1.807) is 13.8 Å². The minimum absolute atomic E-state index is 0.0366.